The Morgan fingerprint density at radius 1 is 1.50 bits per heavy atom. The van der Waals surface area contributed by atoms with Crippen molar-refractivity contribution < 1.29 is 9.53 Å². The molecule has 74 valence electrons. The fourth-order valence-electron chi connectivity index (χ4n) is 0.960. The van der Waals surface area contributed by atoms with Crippen molar-refractivity contribution in [1.82, 2.24) is 0 Å². The van der Waals surface area contributed by atoms with Crippen LogP contribution in [0.15, 0.2) is 41.8 Å². The Morgan fingerprint density at radius 3 is 2.64 bits per heavy atom. The van der Waals surface area contributed by atoms with E-state index in [9.17, 15) is 4.79 Å². The molecule has 0 saturated heterocycles. The van der Waals surface area contributed by atoms with E-state index in [0.29, 0.717) is 5.56 Å². The number of carbonyl (C=O) groups is 1. The molecule has 0 bridgehead atoms. The molecular weight excluding hydrogens is 196 g/mol. The van der Waals surface area contributed by atoms with Crippen molar-refractivity contribution in [1.29, 1.82) is 0 Å². The van der Waals surface area contributed by atoms with Crippen LogP contribution in [0.1, 0.15) is 10.4 Å². The van der Waals surface area contributed by atoms with E-state index in [1.165, 1.54) is 7.11 Å². The summed E-state index contributed by atoms with van der Waals surface area (Å²) in [6.45, 7) is 3.64. The fraction of sp³-hybridized carbons (Fsp3) is 0.182. The predicted molar refractivity (Wildman–Crippen MR) is 58.7 cm³/mol. The van der Waals surface area contributed by atoms with E-state index >= 15 is 0 Å². The lowest BCUT2D eigenvalue weighted by Crippen LogP contribution is -2.00. The maximum atomic E-state index is 11.1. The number of benzene rings is 1. The van der Waals surface area contributed by atoms with E-state index in [1.807, 2.05) is 18.2 Å². The molecule has 3 heteroatoms. The molecule has 1 rings (SSSR count). The summed E-state index contributed by atoms with van der Waals surface area (Å²) in [7, 11) is 1.38. The molecule has 0 amide bonds. The summed E-state index contributed by atoms with van der Waals surface area (Å²) in [5.74, 6) is 0.572. The maximum Gasteiger partial charge on any atom is 0.337 e. The van der Waals surface area contributed by atoms with E-state index in [2.05, 4.69) is 11.3 Å². The van der Waals surface area contributed by atoms with Crippen LogP contribution in [0.5, 0.6) is 0 Å². The second-order valence-corrected chi connectivity index (χ2v) is 3.71. The molecule has 2 nitrogen and oxygen atoms in total. The van der Waals surface area contributed by atoms with Gasteiger partial charge in [0.1, 0.15) is 0 Å². The van der Waals surface area contributed by atoms with Crippen molar-refractivity contribution in [3.05, 3.63) is 42.5 Å². The van der Waals surface area contributed by atoms with Crippen LogP contribution in [0.25, 0.3) is 0 Å². The Labute approximate surface area is 88.0 Å². The molecular formula is C11H12O2S. The monoisotopic (exact) mass is 208 g/mol. The van der Waals surface area contributed by atoms with Crippen LogP contribution in [0, 0.1) is 0 Å². The van der Waals surface area contributed by atoms with Crippen molar-refractivity contribution in [3.63, 3.8) is 0 Å². The highest BCUT2D eigenvalue weighted by atomic mass is 32.2. The van der Waals surface area contributed by atoms with Crippen LogP contribution >= 0.6 is 11.8 Å². The molecule has 0 radical (unpaired) electrons. The number of thioether (sulfide) groups is 1. The highest BCUT2D eigenvalue weighted by Crippen LogP contribution is 2.18. The standard InChI is InChI=1S/C11H12O2S/c1-3-8-14-10-6-4-9(5-7-10)11(12)13-2/h3-7H,1,8H2,2H3. The Morgan fingerprint density at radius 2 is 2.14 bits per heavy atom. The first kappa shape index (κ1) is 10.9. The Hall–Kier alpha value is -1.22. The van der Waals surface area contributed by atoms with Crippen molar-refractivity contribution in [3.8, 4) is 0 Å². The van der Waals surface area contributed by atoms with Gasteiger partial charge >= 0.3 is 5.97 Å². The number of ether oxygens (including phenoxy) is 1. The molecule has 14 heavy (non-hydrogen) atoms. The Balaban J connectivity index is 2.68. The second kappa shape index (κ2) is 5.50. The molecule has 0 aliphatic rings. The van der Waals surface area contributed by atoms with Gasteiger partial charge in [-0.05, 0) is 24.3 Å². The minimum absolute atomic E-state index is 0.301. The lowest BCUT2D eigenvalue weighted by molar-refractivity contribution is 0.0600. The lowest BCUT2D eigenvalue weighted by atomic mass is 10.2. The quantitative estimate of drug-likeness (QED) is 0.432. The Bertz CT molecular complexity index is 317. The summed E-state index contributed by atoms with van der Waals surface area (Å²) in [6.07, 6.45) is 1.85. The van der Waals surface area contributed by atoms with Crippen molar-refractivity contribution in [2.24, 2.45) is 0 Å². The lowest BCUT2D eigenvalue weighted by Gasteiger charge is -2.00. The molecule has 0 aromatic heterocycles. The summed E-state index contributed by atoms with van der Waals surface area (Å²) in [5.41, 5.74) is 0.579. The van der Waals surface area contributed by atoms with Crippen LogP contribution < -0.4 is 0 Å². The van der Waals surface area contributed by atoms with E-state index in [-0.39, 0.29) is 5.97 Å². The van der Waals surface area contributed by atoms with E-state index < -0.39 is 0 Å². The Kier molecular flexibility index (Phi) is 4.26. The molecule has 0 aliphatic heterocycles. The third-order valence-electron chi connectivity index (χ3n) is 1.64. The molecule has 0 spiro atoms. The average molecular weight is 208 g/mol. The van der Waals surface area contributed by atoms with Gasteiger partial charge < -0.3 is 4.74 Å². The van der Waals surface area contributed by atoms with Gasteiger partial charge in [-0.2, -0.15) is 0 Å². The number of hydrogen-bond acceptors (Lipinski definition) is 3. The van der Waals surface area contributed by atoms with Crippen LogP contribution in [-0.4, -0.2) is 18.8 Å². The van der Waals surface area contributed by atoms with E-state index in [4.69, 9.17) is 0 Å². The number of esters is 1. The van der Waals surface area contributed by atoms with Crippen molar-refractivity contribution >= 4 is 17.7 Å². The summed E-state index contributed by atoms with van der Waals surface area (Å²) in [6, 6.07) is 7.33. The molecule has 0 fully saturated rings. The summed E-state index contributed by atoms with van der Waals surface area (Å²) in [5, 5.41) is 0. The number of rotatable bonds is 4. The first-order chi connectivity index (χ1) is 6.77. The van der Waals surface area contributed by atoms with E-state index in [1.54, 1.807) is 23.9 Å². The summed E-state index contributed by atoms with van der Waals surface area (Å²) >= 11 is 1.68. The SMILES string of the molecule is C=CCSc1ccc(C(=O)OC)cc1. The maximum absolute atomic E-state index is 11.1. The van der Waals surface area contributed by atoms with Gasteiger partial charge in [0, 0.05) is 10.6 Å². The van der Waals surface area contributed by atoms with Gasteiger partial charge in [0.15, 0.2) is 0 Å². The third kappa shape index (κ3) is 2.92. The zero-order valence-corrected chi connectivity index (χ0v) is 8.84. The molecule has 0 heterocycles. The van der Waals surface area contributed by atoms with Gasteiger partial charge in [0.25, 0.3) is 0 Å². The number of hydrogen-bond donors (Lipinski definition) is 0. The van der Waals surface area contributed by atoms with Crippen LogP contribution in [0.2, 0.25) is 0 Å². The second-order valence-electron chi connectivity index (χ2n) is 2.62. The normalized spacial score (nSPS) is 9.50. The smallest absolute Gasteiger partial charge is 0.337 e. The van der Waals surface area contributed by atoms with Crippen LogP contribution in [0.4, 0.5) is 0 Å². The summed E-state index contributed by atoms with van der Waals surface area (Å²) < 4.78 is 4.60. The highest BCUT2D eigenvalue weighted by Gasteiger charge is 2.03. The van der Waals surface area contributed by atoms with Gasteiger partial charge in [-0.3, -0.25) is 0 Å². The van der Waals surface area contributed by atoms with Crippen LogP contribution in [0.3, 0.4) is 0 Å². The van der Waals surface area contributed by atoms with Gasteiger partial charge in [-0.1, -0.05) is 6.08 Å². The fourth-order valence-corrected chi connectivity index (χ4v) is 1.60. The predicted octanol–water partition coefficient (Wildman–Crippen LogP) is 2.75. The van der Waals surface area contributed by atoms with E-state index in [0.717, 1.165) is 10.6 Å². The molecule has 0 saturated carbocycles. The third-order valence-corrected chi connectivity index (χ3v) is 2.65. The molecule has 1 aromatic rings. The minimum Gasteiger partial charge on any atom is -0.465 e. The average Bonchev–Trinajstić information content (AvgIpc) is 2.26. The molecule has 0 atom stereocenters. The van der Waals surface area contributed by atoms with Gasteiger partial charge in [0.05, 0.1) is 12.7 Å². The summed E-state index contributed by atoms with van der Waals surface area (Å²) in [4.78, 5) is 12.2. The zero-order chi connectivity index (χ0) is 10.4. The number of carbonyl (C=O) groups excluding carboxylic acids is 1. The van der Waals surface area contributed by atoms with Crippen molar-refractivity contribution in [2.45, 2.75) is 4.90 Å². The number of methoxy groups -OCH3 is 1. The topological polar surface area (TPSA) is 26.3 Å². The molecule has 0 N–H and O–H groups in total. The molecule has 0 unspecified atom stereocenters. The minimum atomic E-state index is -0.301. The van der Waals surface area contributed by atoms with Gasteiger partial charge in [-0.15, -0.1) is 18.3 Å². The van der Waals surface area contributed by atoms with Crippen molar-refractivity contribution in [2.75, 3.05) is 12.9 Å². The van der Waals surface area contributed by atoms with Crippen LogP contribution in [-0.2, 0) is 4.74 Å². The first-order valence-electron chi connectivity index (χ1n) is 4.20. The largest absolute Gasteiger partial charge is 0.465 e. The van der Waals surface area contributed by atoms with Gasteiger partial charge in [-0.25, -0.2) is 4.79 Å². The first-order valence-corrected chi connectivity index (χ1v) is 5.18. The highest BCUT2D eigenvalue weighted by molar-refractivity contribution is 7.99. The molecule has 0 aliphatic carbocycles. The molecule has 1 aromatic carbocycles. The zero-order valence-electron chi connectivity index (χ0n) is 8.03. The van der Waals surface area contributed by atoms with Gasteiger partial charge in [0.2, 0.25) is 0 Å².